The van der Waals surface area contributed by atoms with E-state index in [1.807, 2.05) is 72.8 Å². The lowest BCUT2D eigenvalue weighted by Crippen LogP contribution is -2.03. The van der Waals surface area contributed by atoms with Crippen LogP contribution in [0.1, 0.15) is 10.4 Å². The van der Waals surface area contributed by atoms with E-state index in [-0.39, 0.29) is 5.56 Å². The summed E-state index contributed by atoms with van der Waals surface area (Å²) >= 11 is 0. The molecular formula is C24H20N2O4. The van der Waals surface area contributed by atoms with Crippen LogP contribution in [0.25, 0.3) is 28.2 Å². The molecule has 0 spiro atoms. The van der Waals surface area contributed by atoms with Crippen LogP contribution in [0.3, 0.4) is 0 Å². The SMILES string of the molecule is COc1ccc(-n2nc(-c3cccc(OC)c3)c(C(=O)O)c2-c2ccccc2)cc1. The summed E-state index contributed by atoms with van der Waals surface area (Å²) in [6.45, 7) is 0. The highest BCUT2D eigenvalue weighted by Gasteiger charge is 2.26. The first kappa shape index (κ1) is 19.3. The topological polar surface area (TPSA) is 73.6 Å². The smallest absolute Gasteiger partial charge is 0.340 e. The molecule has 0 bridgehead atoms. The quantitative estimate of drug-likeness (QED) is 0.497. The molecular weight excluding hydrogens is 380 g/mol. The van der Waals surface area contributed by atoms with Crippen LogP contribution in [0.2, 0.25) is 0 Å². The normalized spacial score (nSPS) is 10.6. The minimum atomic E-state index is -1.05. The summed E-state index contributed by atoms with van der Waals surface area (Å²) in [7, 11) is 3.17. The third-order valence-electron chi connectivity index (χ3n) is 4.81. The Balaban J connectivity index is 2.02. The largest absolute Gasteiger partial charge is 0.497 e. The van der Waals surface area contributed by atoms with Crippen molar-refractivity contribution in [1.82, 2.24) is 9.78 Å². The van der Waals surface area contributed by atoms with Crippen LogP contribution in [0.5, 0.6) is 11.5 Å². The van der Waals surface area contributed by atoms with Gasteiger partial charge in [0, 0.05) is 11.1 Å². The van der Waals surface area contributed by atoms with E-state index < -0.39 is 5.97 Å². The monoisotopic (exact) mass is 400 g/mol. The third-order valence-corrected chi connectivity index (χ3v) is 4.81. The lowest BCUT2D eigenvalue weighted by atomic mass is 10.0. The van der Waals surface area contributed by atoms with Crippen LogP contribution in [0.4, 0.5) is 0 Å². The molecule has 150 valence electrons. The van der Waals surface area contributed by atoms with E-state index in [9.17, 15) is 9.90 Å². The van der Waals surface area contributed by atoms with Gasteiger partial charge in [-0.25, -0.2) is 9.48 Å². The molecule has 0 aliphatic heterocycles. The zero-order chi connectivity index (χ0) is 21.1. The molecule has 0 amide bonds. The number of aromatic carboxylic acids is 1. The van der Waals surface area contributed by atoms with Gasteiger partial charge in [0.1, 0.15) is 22.8 Å². The minimum absolute atomic E-state index is 0.130. The number of aromatic nitrogens is 2. The van der Waals surface area contributed by atoms with E-state index in [2.05, 4.69) is 0 Å². The van der Waals surface area contributed by atoms with E-state index in [0.717, 1.165) is 11.3 Å². The molecule has 6 nitrogen and oxygen atoms in total. The molecule has 0 aliphatic rings. The first-order valence-electron chi connectivity index (χ1n) is 9.33. The molecule has 4 aromatic rings. The van der Waals surface area contributed by atoms with E-state index in [4.69, 9.17) is 14.6 Å². The predicted molar refractivity (Wildman–Crippen MR) is 114 cm³/mol. The first-order valence-corrected chi connectivity index (χ1v) is 9.33. The number of methoxy groups -OCH3 is 2. The highest BCUT2D eigenvalue weighted by molar-refractivity contribution is 6.02. The van der Waals surface area contributed by atoms with Crippen molar-refractivity contribution in [2.24, 2.45) is 0 Å². The van der Waals surface area contributed by atoms with Crippen LogP contribution >= 0.6 is 0 Å². The van der Waals surface area contributed by atoms with Crippen molar-refractivity contribution < 1.29 is 19.4 Å². The fourth-order valence-corrected chi connectivity index (χ4v) is 3.37. The summed E-state index contributed by atoms with van der Waals surface area (Å²) in [6.07, 6.45) is 0. The number of carbonyl (C=O) groups is 1. The van der Waals surface area contributed by atoms with Gasteiger partial charge in [-0.15, -0.1) is 0 Å². The summed E-state index contributed by atoms with van der Waals surface area (Å²) in [5, 5.41) is 14.9. The van der Waals surface area contributed by atoms with Gasteiger partial charge in [-0.1, -0.05) is 42.5 Å². The molecule has 0 unspecified atom stereocenters. The second-order valence-electron chi connectivity index (χ2n) is 6.59. The number of ether oxygens (including phenoxy) is 2. The Hall–Kier alpha value is -4.06. The number of nitrogens with zero attached hydrogens (tertiary/aromatic N) is 2. The molecule has 4 rings (SSSR count). The van der Waals surface area contributed by atoms with Crippen LogP contribution in [-0.2, 0) is 0 Å². The minimum Gasteiger partial charge on any atom is -0.497 e. The number of hydrogen-bond acceptors (Lipinski definition) is 4. The Bertz CT molecular complexity index is 1180. The van der Waals surface area contributed by atoms with Crippen molar-refractivity contribution >= 4 is 5.97 Å². The van der Waals surface area contributed by atoms with Gasteiger partial charge < -0.3 is 14.6 Å². The van der Waals surface area contributed by atoms with Gasteiger partial charge in [-0.05, 0) is 36.4 Å². The van der Waals surface area contributed by atoms with Crippen LogP contribution < -0.4 is 9.47 Å². The van der Waals surface area contributed by atoms with Crippen molar-refractivity contribution in [3.63, 3.8) is 0 Å². The number of carboxylic acids is 1. The molecule has 1 N–H and O–H groups in total. The number of carboxylic acid groups (broad SMARTS) is 1. The molecule has 0 saturated heterocycles. The van der Waals surface area contributed by atoms with Crippen molar-refractivity contribution in [2.45, 2.75) is 0 Å². The molecule has 1 heterocycles. The standard InChI is InChI=1S/C24H20N2O4/c1-29-19-13-11-18(12-14-19)26-23(16-7-4-3-5-8-16)21(24(27)28)22(25-26)17-9-6-10-20(15-17)30-2/h3-15H,1-2H3,(H,27,28). The number of rotatable bonds is 6. The molecule has 1 aromatic heterocycles. The second kappa shape index (κ2) is 8.13. The van der Waals surface area contributed by atoms with Gasteiger partial charge in [0.15, 0.2) is 0 Å². The van der Waals surface area contributed by atoms with Crippen molar-refractivity contribution in [3.05, 3.63) is 84.4 Å². The Kier molecular flexibility index (Phi) is 5.22. The van der Waals surface area contributed by atoms with Crippen LogP contribution in [0.15, 0.2) is 78.9 Å². The van der Waals surface area contributed by atoms with Crippen LogP contribution in [0, 0.1) is 0 Å². The summed E-state index contributed by atoms with van der Waals surface area (Å²) in [4.78, 5) is 12.4. The Morgan fingerprint density at radius 2 is 1.50 bits per heavy atom. The zero-order valence-electron chi connectivity index (χ0n) is 16.6. The summed E-state index contributed by atoms with van der Waals surface area (Å²) in [5.74, 6) is 0.286. The average Bonchev–Trinajstić information content (AvgIpc) is 3.21. The molecule has 0 fully saturated rings. The Morgan fingerprint density at radius 1 is 0.833 bits per heavy atom. The summed E-state index contributed by atoms with van der Waals surface area (Å²) in [5.41, 5.74) is 3.15. The predicted octanol–water partition coefficient (Wildman–Crippen LogP) is 4.92. The van der Waals surface area contributed by atoms with Gasteiger partial charge in [0.25, 0.3) is 0 Å². The van der Waals surface area contributed by atoms with Gasteiger partial charge >= 0.3 is 5.97 Å². The van der Waals surface area contributed by atoms with E-state index in [1.54, 1.807) is 25.0 Å². The third kappa shape index (κ3) is 3.51. The number of benzene rings is 3. The highest BCUT2D eigenvalue weighted by atomic mass is 16.5. The zero-order valence-corrected chi connectivity index (χ0v) is 16.6. The first-order chi connectivity index (χ1) is 14.6. The fraction of sp³-hybridized carbons (Fsp3) is 0.0833. The average molecular weight is 400 g/mol. The lowest BCUT2D eigenvalue weighted by Gasteiger charge is -2.09. The number of hydrogen-bond donors (Lipinski definition) is 1. The molecule has 0 saturated carbocycles. The Morgan fingerprint density at radius 3 is 2.13 bits per heavy atom. The highest BCUT2D eigenvalue weighted by Crippen LogP contribution is 2.35. The van der Waals surface area contributed by atoms with E-state index in [0.29, 0.717) is 28.5 Å². The molecule has 30 heavy (non-hydrogen) atoms. The maximum Gasteiger partial charge on any atom is 0.340 e. The van der Waals surface area contributed by atoms with Gasteiger partial charge in [0.05, 0.1) is 25.6 Å². The van der Waals surface area contributed by atoms with Crippen molar-refractivity contribution in [1.29, 1.82) is 0 Å². The molecule has 3 aromatic carbocycles. The van der Waals surface area contributed by atoms with E-state index in [1.165, 1.54) is 0 Å². The maximum atomic E-state index is 12.4. The molecule has 0 atom stereocenters. The van der Waals surface area contributed by atoms with Gasteiger partial charge in [-0.3, -0.25) is 0 Å². The van der Waals surface area contributed by atoms with Gasteiger partial charge in [0.2, 0.25) is 0 Å². The van der Waals surface area contributed by atoms with Crippen LogP contribution in [-0.4, -0.2) is 35.1 Å². The van der Waals surface area contributed by atoms with Gasteiger partial charge in [-0.2, -0.15) is 5.10 Å². The second-order valence-corrected chi connectivity index (χ2v) is 6.59. The molecule has 6 heteroatoms. The van der Waals surface area contributed by atoms with E-state index >= 15 is 0 Å². The molecule has 0 radical (unpaired) electrons. The Labute approximate surface area is 173 Å². The molecule has 0 aliphatic carbocycles. The summed E-state index contributed by atoms with van der Waals surface area (Å²) in [6, 6.07) is 23.9. The van der Waals surface area contributed by atoms with Crippen molar-refractivity contribution in [2.75, 3.05) is 14.2 Å². The lowest BCUT2D eigenvalue weighted by molar-refractivity contribution is 0.0698. The maximum absolute atomic E-state index is 12.4. The summed E-state index contributed by atoms with van der Waals surface area (Å²) < 4.78 is 12.2. The van der Waals surface area contributed by atoms with Crippen molar-refractivity contribution in [3.8, 4) is 39.7 Å². The fourth-order valence-electron chi connectivity index (χ4n) is 3.37.